The average molecular weight is 537 g/mol. The molecule has 1 heterocycles. The van der Waals surface area contributed by atoms with E-state index in [4.69, 9.17) is 19.9 Å². The number of nitrogens with zero attached hydrogens (tertiary/aromatic N) is 1. The van der Waals surface area contributed by atoms with Crippen molar-refractivity contribution >= 4 is 23.7 Å². The second kappa shape index (κ2) is 13.8. The Morgan fingerprint density at radius 1 is 1.18 bits per heavy atom. The maximum absolute atomic E-state index is 13.0. The first-order valence-electron chi connectivity index (χ1n) is 13.6. The first-order valence-corrected chi connectivity index (χ1v) is 13.6. The van der Waals surface area contributed by atoms with Crippen LogP contribution in [-0.2, 0) is 22.6 Å². The van der Waals surface area contributed by atoms with E-state index < -0.39 is 12.0 Å². The lowest BCUT2D eigenvalue weighted by Gasteiger charge is -2.33. The second-order valence-corrected chi connectivity index (χ2v) is 9.87. The van der Waals surface area contributed by atoms with E-state index in [9.17, 15) is 14.4 Å². The third-order valence-corrected chi connectivity index (χ3v) is 7.21. The number of benzene rings is 2. The molecule has 210 valence electrons. The first kappa shape index (κ1) is 29.7. The van der Waals surface area contributed by atoms with Gasteiger partial charge in [-0.1, -0.05) is 56.5 Å². The van der Waals surface area contributed by atoms with Crippen molar-refractivity contribution in [2.24, 2.45) is 5.73 Å². The maximum atomic E-state index is 13.0. The van der Waals surface area contributed by atoms with Crippen molar-refractivity contribution in [3.05, 3.63) is 64.2 Å². The molecule has 0 spiro atoms. The maximum Gasteiger partial charge on any atom is 0.341 e. The van der Waals surface area contributed by atoms with Crippen LogP contribution in [0.1, 0.15) is 86.3 Å². The third kappa shape index (κ3) is 6.99. The topological polar surface area (TPSA) is 108 Å². The molecule has 0 radical (unpaired) electrons. The molecule has 39 heavy (non-hydrogen) atoms. The summed E-state index contributed by atoms with van der Waals surface area (Å²) in [5, 5.41) is 0. The molecule has 2 amide bonds. The van der Waals surface area contributed by atoms with Crippen molar-refractivity contribution in [2.45, 2.75) is 85.3 Å². The summed E-state index contributed by atoms with van der Waals surface area (Å²) in [5.41, 5.74) is 10.0. The average Bonchev–Trinajstić information content (AvgIpc) is 3.31. The van der Waals surface area contributed by atoms with Gasteiger partial charge in [0.05, 0.1) is 18.4 Å². The summed E-state index contributed by atoms with van der Waals surface area (Å²) in [6.07, 6.45) is 6.44. The fourth-order valence-electron chi connectivity index (χ4n) is 5.07. The van der Waals surface area contributed by atoms with E-state index in [1.807, 2.05) is 45.0 Å². The Morgan fingerprint density at radius 3 is 2.51 bits per heavy atom. The Bertz CT molecular complexity index is 1220. The molecule has 2 aromatic rings. The van der Waals surface area contributed by atoms with Crippen LogP contribution in [0.3, 0.4) is 0 Å². The number of carbonyl (C=O) groups is 3. The standard InChI is InChI=1S/C31H40N2O6/c1-6-8-12-22(7-2)33(31(32)36)28-24(29(37-5)21(4)25-19-38-30(35)27(25)28)17-15-20(3)16-18-26(34)39-23-13-10-9-11-14-23/h9-11,13-15,22H,6-8,12,16-19H2,1-5H3,(H2,32,36)/b20-15+. The number of methoxy groups -OCH3 is 1. The van der Waals surface area contributed by atoms with Crippen LogP contribution < -0.4 is 20.1 Å². The minimum absolute atomic E-state index is 0.125. The van der Waals surface area contributed by atoms with Crippen LogP contribution in [0.2, 0.25) is 0 Å². The fraction of sp³-hybridized carbons (Fsp3) is 0.452. The molecular formula is C31H40N2O6. The molecule has 1 aliphatic rings. The summed E-state index contributed by atoms with van der Waals surface area (Å²) in [5.74, 6) is 0.336. The zero-order valence-electron chi connectivity index (χ0n) is 23.7. The number of primary amides is 1. The fourth-order valence-corrected chi connectivity index (χ4v) is 5.07. The molecule has 0 fully saturated rings. The van der Waals surface area contributed by atoms with E-state index in [1.54, 1.807) is 24.1 Å². The largest absolute Gasteiger partial charge is 0.496 e. The zero-order chi connectivity index (χ0) is 28.5. The molecule has 1 atom stereocenters. The van der Waals surface area contributed by atoms with Gasteiger partial charge in [-0.3, -0.25) is 9.69 Å². The zero-order valence-corrected chi connectivity index (χ0v) is 23.7. The lowest BCUT2D eigenvalue weighted by Crippen LogP contribution is -2.45. The number of unbranched alkanes of at least 4 members (excludes halogenated alkanes) is 1. The quantitative estimate of drug-likeness (QED) is 0.180. The predicted molar refractivity (Wildman–Crippen MR) is 151 cm³/mol. The van der Waals surface area contributed by atoms with Gasteiger partial charge < -0.3 is 19.9 Å². The molecule has 1 unspecified atom stereocenters. The Kier molecular flexibility index (Phi) is 10.5. The van der Waals surface area contributed by atoms with Gasteiger partial charge in [-0.25, -0.2) is 9.59 Å². The molecule has 0 bridgehead atoms. The number of fused-ring (bicyclic) bond motifs is 1. The number of esters is 2. The molecule has 8 heteroatoms. The van der Waals surface area contributed by atoms with E-state index in [-0.39, 0.29) is 25.0 Å². The van der Waals surface area contributed by atoms with Crippen molar-refractivity contribution in [2.75, 3.05) is 12.0 Å². The number of hydrogen-bond acceptors (Lipinski definition) is 6. The number of hydrogen-bond donors (Lipinski definition) is 1. The lowest BCUT2D eigenvalue weighted by atomic mass is 9.91. The van der Waals surface area contributed by atoms with Gasteiger partial charge in [0.15, 0.2) is 0 Å². The minimum atomic E-state index is -0.614. The summed E-state index contributed by atoms with van der Waals surface area (Å²) < 4.78 is 16.7. The first-order chi connectivity index (χ1) is 18.7. The van der Waals surface area contributed by atoms with Crippen LogP contribution >= 0.6 is 0 Å². The second-order valence-electron chi connectivity index (χ2n) is 9.87. The lowest BCUT2D eigenvalue weighted by molar-refractivity contribution is -0.134. The van der Waals surface area contributed by atoms with E-state index >= 15 is 0 Å². The molecular weight excluding hydrogens is 496 g/mol. The van der Waals surface area contributed by atoms with Gasteiger partial charge in [0.1, 0.15) is 18.1 Å². The number of carbonyl (C=O) groups excluding carboxylic acids is 3. The summed E-state index contributed by atoms with van der Waals surface area (Å²) in [6.45, 7) is 8.07. The molecule has 0 aliphatic carbocycles. The molecule has 1 aliphatic heterocycles. The van der Waals surface area contributed by atoms with Crippen LogP contribution in [0.5, 0.6) is 11.5 Å². The smallest absolute Gasteiger partial charge is 0.341 e. The van der Waals surface area contributed by atoms with Gasteiger partial charge in [0, 0.05) is 23.6 Å². The number of allylic oxidation sites excluding steroid dienone is 2. The number of amides is 2. The number of anilines is 1. The van der Waals surface area contributed by atoms with Gasteiger partial charge >= 0.3 is 18.0 Å². The molecule has 0 aromatic heterocycles. The van der Waals surface area contributed by atoms with Crippen molar-refractivity contribution in [3.63, 3.8) is 0 Å². The normalized spacial score (nSPS) is 13.5. The molecule has 8 nitrogen and oxygen atoms in total. The van der Waals surface area contributed by atoms with Crippen molar-refractivity contribution in [1.82, 2.24) is 0 Å². The number of urea groups is 1. The van der Waals surface area contributed by atoms with Crippen molar-refractivity contribution in [1.29, 1.82) is 0 Å². The summed E-state index contributed by atoms with van der Waals surface area (Å²) in [7, 11) is 1.58. The van der Waals surface area contributed by atoms with Crippen LogP contribution in [0.15, 0.2) is 42.0 Å². The van der Waals surface area contributed by atoms with Crippen LogP contribution in [0.4, 0.5) is 10.5 Å². The Morgan fingerprint density at radius 2 is 1.90 bits per heavy atom. The number of nitrogens with two attached hydrogens (primary N) is 1. The Labute approximate surface area is 231 Å². The summed E-state index contributed by atoms with van der Waals surface area (Å²) in [4.78, 5) is 39.9. The highest BCUT2D eigenvalue weighted by Gasteiger charge is 2.37. The monoisotopic (exact) mass is 536 g/mol. The summed E-state index contributed by atoms with van der Waals surface area (Å²) in [6, 6.07) is 8.18. The Balaban J connectivity index is 1.98. The minimum Gasteiger partial charge on any atom is -0.496 e. The molecule has 2 N–H and O–H groups in total. The molecule has 3 rings (SSSR count). The molecule has 0 saturated carbocycles. The number of ether oxygens (including phenoxy) is 3. The van der Waals surface area contributed by atoms with E-state index in [1.165, 1.54) is 0 Å². The van der Waals surface area contributed by atoms with Crippen molar-refractivity contribution in [3.8, 4) is 11.5 Å². The SMILES string of the molecule is CCCCC(CC)N(C(N)=O)c1c(C/C=C(\C)CCC(=O)Oc2ccccc2)c(OC)c(C)c2c1C(=O)OC2. The highest BCUT2D eigenvalue weighted by Crippen LogP contribution is 2.44. The van der Waals surface area contributed by atoms with E-state index in [2.05, 4.69) is 6.92 Å². The van der Waals surface area contributed by atoms with Gasteiger partial charge in [0.25, 0.3) is 0 Å². The number of para-hydroxylation sites is 1. The van der Waals surface area contributed by atoms with Crippen LogP contribution in [0.25, 0.3) is 0 Å². The van der Waals surface area contributed by atoms with E-state index in [0.717, 1.165) is 36.0 Å². The van der Waals surface area contributed by atoms with Crippen LogP contribution in [0, 0.1) is 6.92 Å². The molecule has 0 saturated heterocycles. The van der Waals surface area contributed by atoms with Gasteiger partial charge in [-0.15, -0.1) is 0 Å². The highest BCUT2D eigenvalue weighted by molar-refractivity contribution is 6.06. The predicted octanol–water partition coefficient (Wildman–Crippen LogP) is 6.40. The number of rotatable bonds is 13. The third-order valence-electron chi connectivity index (χ3n) is 7.21. The van der Waals surface area contributed by atoms with Gasteiger partial charge in [-0.2, -0.15) is 0 Å². The highest BCUT2D eigenvalue weighted by atomic mass is 16.5. The summed E-state index contributed by atoms with van der Waals surface area (Å²) >= 11 is 0. The van der Waals surface area contributed by atoms with Crippen LogP contribution in [-0.4, -0.2) is 31.1 Å². The van der Waals surface area contributed by atoms with Crippen molar-refractivity contribution < 1.29 is 28.6 Å². The van der Waals surface area contributed by atoms with Gasteiger partial charge in [-0.05, 0) is 57.2 Å². The number of cyclic esters (lactones) is 1. The van der Waals surface area contributed by atoms with E-state index in [0.29, 0.717) is 47.6 Å². The Hall–Kier alpha value is -3.81. The van der Waals surface area contributed by atoms with Gasteiger partial charge in [0.2, 0.25) is 0 Å². The molecule has 2 aromatic carbocycles.